The van der Waals surface area contributed by atoms with Gasteiger partial charge < -0.3 is 9.64 Å². The summed E-state index contributed by atoms with van der Waals surface area (Å²) < 4.78 is 4.89. The number of esters is 1. The third-order valence-corrected chi connectivity index (χ3v) is 2.38. The summed E-state index contributed by atoms with van der Waals surface area (Å²) in [4.78, 5) is 25.7. The van der Waals surface area contributed by atoms with Crippen LogP contribution in [0.1, 0.15) is 6.92 Å². The Morgan fingerprint density at radius 2 is 2.11 bits per heavy atom. The molecule has 0 fully saturated rings. The van der Waals surface area contributed by atoms with Crippen molar-refractivity contribution in [3.8, 4) is 0 Å². The van der Waals surface area contributed by atoms with Crippen molar-refractivity contribution in [2.75, 3.05) is 25.1 Å². The molecule has 94 valence electrons. The Hall–Kier alpha value is -2.24. The Labute approximate surface area is 105 Å². The molecule has 6 heteroatoms. The number of ether oxygens (including phenoxy) is 1. The first-order chi connectivity index (χ1) is 8.70. The van der Waals surface area contributed by atoms with Crippen molar-refractivity contribution < 1.29 is 9.53 Å². The number of anilines is 1. The first-order valence-electron chi connectivity index (χ1n) is 5.65. The van der Waals surface area contributed by atoms with Crippen LogP contribution in [0.5, 0.6) is 0 Å². The highest BCUT2D eigenvalue weighted by Crippen LogP contribution is 2.13. The SMILES string of the molecule is CCOC(=O)CN(C)c1ccc2nccnc2n1. The number of pyridine rings is 1. The predicted octanol–water partition coefficient (Wildman–Crippen LogP) is 1.02. The highest BCUT2D eigenvalue weighted by molar-refractivity contribution is 5.77. The zero-order chi connectivity index (χ0) is 13.0. The number of hydrogen-bond acceptors (Lipinski definition) is 6. The number of fused-ring (bicyclic) bond motifs is 1. The zero-order valence-corrected chi connectivity index (χ0v) is 10.3. The van der Waals surface area contributed by atoms with Crippen molar-refractivity contribution in [1.29, 1.82) is 0 Å². The second kappa shape index (κ2) is 5.39. The van der Waals surface area contributed by atoms with Crippen LogP contribution >= 0.6 is 0 Å². The molecule has 0 atom stereocenters. The second-order valence-electron chi connectivity index (χ2n) is 3.73. The van der Waals surface area contributed by atoms with Crippen LogP contribution in [-0.2, 0) is 9.53 Å². The van der Waals surface area contributed by atoms with E-state index in [1.165, 1.54) is 0 Å². The summed E-state index contributed by atoms with van der Waals surface area (Å²) in [6.07, 6.45) is 3.20. The molecule has 0 aliphatic carbocycles. The number of hydrogen-bond donors (Lipinski definition) is 0. The van der Waals surface area contributed by atoms with Gasteiger partial charge in [0, 0.05) is 19.4 Å². The fourth-order valence-electron chi connectivity index (χ4n) is 1.54. The topological polar surface area (TPSA) is 68.2 Å². The van der Waals surface area contributed by atoms with Crippen LogP contribution in [0.3, 0.4) is 0 Å². The van der Waals surface area contributed by atoms with Crippen LogP contribution in [0.4, 0.5) is 5.82 Å². The molecule has 0 unspecified atom stereocenters. The Balaban J connectivity index is 2.17. The molecule has 0 radical (unpaired) electrons. The van der Waals surface area contributed by atoms with Gasteiger partial charge in [-0.2, -0.15) is 0 Å². The van der Waals surface area contributed by atoms with Crippen molar-refractivity contribution >= 4 is 23.0 Å². The fraction of sp³-hybridized carbons (Fsp3) is 0.333. The van der Waals surface area contributed by atoms with E-state index in [1.807, 2.05) is 6.07 Å². The van der Waals surface area contributed by atoms with Crippen molar-refractivity contribution in [3.05, 3.63) is 24.5 Å². The molecule has 0 amide bonds. The van der Waals surface area contributed by atoms with Crippen molar-refractivity contribution in [1.82, 2.24) is 15.0 Å². The number of likely N-dealkylation sites (N-methyl/N-ethyl adjacent to an activating group) is 1. The maximum Gasteiger partial charge on any atom is 0.325 e. The van der Waals surface area contributed by atoms with Gasteiger partial charge in [-0.15, -0.1) is 0 Å². The van der Waals surface area contributed by atoms with Gasteiger partial charge in [0.05, 0.1) is 6.61 Å². The van der Waals surface area contributed by atoms with E-state index in [0.29, 0.717) is 18.1 Å². The van der Waals surface area contributed by atoms with E-state index in [9.17, 15) is 4.79 Å². The summed E-state index contributed by atoms with van der Waals surface area (Å²) in [5, 5.41) is 0. The van der Waals surface area contributed by atoms with Gasteiger partial charge in [0.15, 0.2) is 5.65 Å². The molecule has 0 aromatic carbocycles. The maximum absolute atomic E-state index is 11.4. The molecule has 0 saturated carbocycles. The van der Waals surface area contributed by atoms with E-state index in [1.54, 1.807) is 37.3 Å². The van der Waals surface area contributed by atoms with Crippen molar-refractivity contribution in [2.45, 2.75) is 6.92 Å². The quantitative estimate of drug-likeness (QED) is 0.750. The molecule has 2 aromatic heterocycles. The van der Waals surface area contributed by atoms with Gasteiger partial charge in [0.2, 0.25) is 0 Å². The Kier molecular flexibility index (Phi) is 3.66. The van der Waals surface area contributed by atoms with Crippen LogP contribution in [0.25, 0.3) is 11.2 Å². The molecule has 0 aliphatic heterocycles. The van der Waals surface area contributed by atoms with E-state index >= 15 is 0 Å². The second-order valence-corrected chi connectivity index (χ2v) is 3.73. The number of carbonyl (C=O) groups is 1. The molecule has 2 heterocycles. The summed E-state index contributed by atoms with van der Waals surface area (Å²) in [6.45, 7) is 2.32. The first-order valence-corrected chi connectivity index (χ1v) is 5.65. The number of nitrogens with zero attached hydrogens (tertiary/aromatic N) is 4. The third kappa shape index (κ3) is 2.71. The van der Waals surface area contributed by atoms with Crippen molar-refractivity contribution in [3.63, 3.8) is 0 Å². The molecule has 0 spiro atoms. The zero-order valence-electron chi connectivity index (χ0n) is 10.3. The Morgan fingerprint density at radius 1 is 1.33 bits per heavy atom. The average molecular weight is 246 g/mol. The Bertz CT molecular complexity index is 559. The summed E-state index contributed by atoms with van der Waals surface area (Å²) >= 11 is 0. The van der Waals surface area contributed by atoms with E-state index in [2.05, 4.69) is 15.0 Å². The maximum atomic E-state index is 11.4. The lowest BCUT2D eigenvalue weighted by molar-refractivity contribution is -0.141. The monoisotopic (exact) mass is 246 g/mol. The molecule has 18 heavy (non-hydrogen) atoms. The molecular formula is C12H14N4O2. The van der Waals surface area contributed by atoms with Crippen LogP contribution in [0, 0.1) is 0 Å². The smallest absolute Gasteiger partial charge is 0.325 e. The standard InChI is InChI=1S/C12H14N4O2/c1-3-18-11(17)8-16(2)10-5-4-9-12(15-10)14-7-6-13-9/h4-7H,3,8H2,1-2H3. The molecule has 6 nitrogen and oxygen atoms in total. The predicted molar refractivity (Wildman–Crippen MR) is 67.2 cm³/mol. The van der Waals surface area contributed by atoms with Gasteiger partial charge in [-0.3, -0.25) is 9.78 Å². The van der Waals surface area contributed by atoms with E-state index in [-0.39, 0.29) is 12.5 Å². The molecule has 2 rings (SSSR count). The molecule has 2 aromatic rings. The van der Waals surface area contributed by atoms with Crippen LogP contribution in [0.15, 0.2) is 24.5 Å². The van der Waals surface area contributed by atoms with Crippen LogP contribution in [-0.4, -0.2) is 41.1 Å². The number of rotatable bonds is 4. The lowest BCUT2D eigenvalue weighted by atomic mass is 10.4. The third-order valence-electron chi connectivity index (χ3n) is 2.38. The number of carbonyl (C=O) groups excluding carboxylic acids is 1. The van der Waals surface area contributed by atoms with Gasteiger partial charge in [-0.1, -0.05) is 0 Å². The van der Waals surface area contributed by atoms with E-state index < -0.39 is 0 Å². The summed E-state index contributed by atoms with van der Waals surface area (Å²) in [6, 6.07) is 3.63. The molecule has 0 aliphatic rings. The fourth-order valence-corrected chi connectivity index (χ4v) is 1.54. The average Bonchev–Trinajstić information content (AvgIpc) is 2.38. The van der Waals surface area contributed by atoms with Gasteiger partial charge in [-0.05, 0) is 19.1 Å². The minimum Gasteiger partial charge on any atom is -0.465 e. The highest BCUT2D eigenvalue weighted by atomic mass is 16.5. The van der Waals surface area contributed by atoms with Crippen LogP contribution < -0.4 is 4.90 Å². The van der Waals surface area contributed by atoms with E-state index in [4.69, 9.17) is 4.74 Å². The van der Waals surface area contributed by atoms with Crippen molar-refractivity contribution in [2.24, 2.45) is 0 Å². The van der Waals surface area contributed by atoms with Crippen LogP contribution in [0.2, 0.25) is 0 Å². The van der Waals surface area contributed by atoms with E-state index in [0.717, 1.165) is 5.52 Å². The molecule has 0 bridgehead atoms. The highest BCUT2D eigenvalue weighted by Gasteiger charge is 2.10. The first kappa shape index (κ1) is 12.2. The van der Waals surface area contributed by atoms with Gasteiger partial charge in [0.25, 0.3) is 0 Å². The minimum atomic E-state index is -0.277. The number of aromatic nitrogens is 3. The summed E-state index contributed by atoms with van der Waals surface area (Å²) in [7, 11) is 1.78. The lowest BCUT2D eigenvalue weighted by Gasteiger charge is -2.16. The summed E-state index contributed by atoms with van der Waals surface area (Å²) in [5.74, 6) is 0.386. The van der Waals surface area contributed by atoms with Gasteiger partial charge in [-0.25, -0.2) is 9.97 Å². The van der Waals surface area contributed by atoms with Gasteiger partial charge >= 0.3 is 5.97 Å². The molecule has 0 N–H and O–H groups in total. The molecule has 0 saturated heterocycles. The Morgan fingerprint density at radius 3 is 2.89 bits per heavy atom. The minimum absolute atomic E-state index is 0.159. The lowest BCUT2D eigenvalue weighted by Crippen LogP contribution is -2.27. The largest absolute Gasteiger partial charge is 0.465 e. The molecular weight excluding hydrogens is 232 g/mol. The van der Waals surface area contributed by atoms with Gasteiger partial charge in [0.1, 0.15) is 17.9 Å². The summed E-state index contributed by atoms with van der Waals surface area (Å²) in [5.41, 5.74) is 1.29. The normalized spacial score (nSPS) is 10.3.